The van der Waals surface area contributed by atoms with E-state index in [0.29, 0.717) is 0 Å². The molecule has 15 aromatic rings. The average Bonchev–Trinajstić information content (AvgIpc) is 4.17. The van der Waals surface area contributed by atoms with Gasteiger partial charge in [0, 0.05) is 65.8 Å². The molecule has 0 atom stereocenters. The summed E-state index contributed by atoms with van der Waals surface area (Å²) in [5.74, 6) is 0. The van der Waals surface area contributed by atoms with Gasteiger partial charge >= 0.3 is 0 Å². The molecule has 326 valence electrons. The fourth-order valence-corrected chi connectivity index (χ4v) is 11.4. The van der Waals surface area contributed by atoms with E-state index in [9.17, 15) is 0 Å². The molecule has 4 nitrogen and oxygen atoms in total. The normalized spacial score (nSPS) is 12.0. The number of benzene rings is 11. The van der Waals surface area contributed by atoms with E-state index < -0.39 is 0 Å². The van der Waals surface area contributed by atoms with Crippen LogP contribution in [0.2, 0.25) is 0 Å². The van der Waals surface area contributed by atoms with Crippen LogP contribution in [0.4, 0.5) is 17.1 Å². The van der Waals surface area contributed by atoms with Crippen molar-refractivity contribution in [2.24, 2.45) is 0 Å². The molecule has 0 saturated heterocycles. The van der Waals surface area contributed by atoms with Crippen LogP contribution in [0.5, 0.6) is 0 Å². The van der Waals surface area contributed by atoms with E-state index in [4.69, 9.17) is 4.42 Å². The SMILES string of the molecule is c1ccc2c(c1)oc1cc(-c3ccc(N(c4ccc(-c5ccc(-n6c7ccccc7c7ccccc76)cc5)cc4)c4ccc(-c5ccc6c(c5)c5cccc7c8ccccc8n6c75)cc4)cc3)ccc12. The van der Waals surface area contributed by atoms with Gasteiger partial charge in [0.2, 0.25) is 0 Å². The number of rotatable bonds is 7. The molecule has 0 aliphatic carbocycles. The zero-order chi connectivity index (χ0) is 45.9. The van der Waals surface area contributed by atoms with E-state index in [1.807, 2.05) is 12.1 Å². The Bertz CT molecular complexity index is 4440. The molecule has 0 aliphatic heterocycles. The van der Waals surface area contributed by atoms with Crippen molar-refractivity contribution in [3.63, 3.8) is 0 Å². The summed E-state index contributed by atoms with van der Waals surface area (Å²) in [7, 11) is 0. The second kappa shape index (κ2) is 15.1. The van der Waals surface area contributed by atoms with Gasteiger partial charge in [-0.25, -0.2) is 0 Å². The first kappa shape index (κ1) is 38.7. The van der Waals surface area contributed by atoms with Gasteiger partial charge in [-0.1, -0.05) is 152 Å². The highest BCUT2D eigenvalue weighted by atomic mass is 16.3. The van der Waals surface area contributed by atoms with Crippen molar-refractivity contribution in [2.75, 3.05) is 4.90 Å². The molecule has 0 saturated carbocycles. The Kier molecular flexibility index (Phi) is 8.33. The molecule has 4 aromatic heterocycles. The van der Waals surface area contributed by atoms with E-state index in [1.54, 1.807) is 0 Å². The minimum atomic E-state index is 0.897. The Hall–Kier alpha value is -9.38. The molecule has 11 aromatic carbocycles. The number of hydrogen-bond acceptors (Lipinski definition) is 2. The summed E-state index contributed by atoms with van der Waals surface area (Å²) < 4.78 is 11.1. The van der Waals surface area contributed by atoms with Gasteiger partial charge in [0.1, 0.15) is 11.2 Å². The summed E-state index contributed by atoms with van der Waals surface area (Å²) in [4.78, 5) is 2.35. The fourth-order valence-electron chi connectivity index (χ4n) is 11.4. The summed E-state index contributed by atoms with van der Waals surface area (Å²) in [6, 6.07) is 90.4. The number of anilines is 3. The summed E-state index contributed by atoms with van der Waals surface area (Å²) in [5.41, 5.74) is 19.4. The Morgan fingerprint density at radius 3 is 1.30 bits per heavy atom. The van der Waals surface area contributed by atoms with E-state index in [1.165, 1.54) is 76.6 Å². The first-order chi connectivity index (χ1) is 34.7. The van der Waals surface area contributed by atoms with Crippen molar-refractivity contribution in [3.8, 4) is 39.1 Å². The monoisotopic (exact) mass is 891 g/mol. The summed E-state index contributed by atoms with van der Waals surface area (Å²) in [5, 5.41) is 9.97. The molecule has 4 heterocycles. The van der Waals surface area contributed by atoms with Crippen molar-refractivity contribution in [1.29, 1.82) is 0 Å². The van der Waals surface area contributed by atoms with Crippen molar-refractivity contribution >= 4 is 98.9 Å². The topological polar surface area (TPSA) is 25.7 Å². The quantitative estimate of drug-likeness (QED) is 0.159. The van der Waals surface area contributed by atoms with Crippen LogP contribution >= 0.6 is 0 Å². The second-order valence-corrected chi connectivity index (χ2v) is 18.5. The standard InChI is InChI=1S/C66H41N3O/c1-5-16-60-52(10-1)53-11-2-6-17-61(53)68(60)51-36-22-43(23-37-51)42-20-30-48(31-21-42)67(50-34-26-45(27-35-50)47-28-38-56-55-13-4-8-19-64(55)70-65(56)41-47)49-32-24-44(25-33-49)46-29-39-63-59(40-46)58-15-9-14-57-54-12-3-7-18-62(54)69(63)66(57)58/h1-41H. The van der Waals surface area contributed by atoms with Crippen LogP contribution in [0.3, 0.4) is 0 Å². The highest BCUT2D eigenvalue weighted by molar-refractivity contribution is 6.23. The molecular formula is C66H41N3O. The minimum Gasteiger partial charge on any atom is -0.456 e. The molecule has 0 N–H and O–H groups in total. The van der Waals surface area contributed by atoms with Crippen LogP contribution in [0.15, 0.2) is 253 Å². The van der Waals surface area contributed by atoms with Gasteiger partial charge in [0.25, 0.3) is 0 Å². The molecule has 15 rings (SSSR count). The summed E-state index contributed by atoms with van der Waals surface area (Å²) in [6.07, 6.45) is 0. The zero-order valence-corrected chi connectivity index (χ0v) is 37.9. The van der Waals surface area contributed by atoms with Crippen LogP contribution in [-0.2, 0) is 0 Å². The van der Waals surface area contributed by atoms with Gasteiger partial charge in [0.05, 0.1) is 27.6 Å². The fraction of sp³-hybridized carbons (Fsp3) is 0. The lowest BCUT2D eigenvalue weighted by Gasteiger charge is -2.26. The maximum absolute atomic E-state index is 6.28. The van der Waals surface area contributed by atoms with E-state index in [0.717, 1.165) is 61.4 Å². The third kappa shape index (κ3) is 5.84. The van der Waals surface area contributed by atoms with Gasteiger partial charge in [-0.2, -0.15) is 0 Å². The Balaban J connectivity index is 0.790. The highest BCUT2D eigenvalue weighted by Gasteiger charge is 2.19. The molecule has 0 unspecified atom stereocenters. The largest absolute Gasteiger partial charge is 0.456 e. The van der Waals surface area contributed by atoms with E-state index in [2.05, 4.69) is 250 Å². The lowest BCUT2D eigenvalue weighted by molar-refractivity contribution is 0.669. The van der Waals surface area contributed by atoms with Gasteiger partial charge in [0.15, 0.2) is 0 Å². The molecule has 0 radical (unpaired) electrons. The molecule has 0 spiro atoms. The molecule has 0 bridgehead atoms. The third-order valence-electron chi connectivity index (χ3n) is 14.7. The van der Waals surface area contributed by atoms with Crippen LogP contribution < -0.4 is 4.90 Å². The van der Waals surface area contributed by atoms with Crippen LogP contribution in [-0.4, -0.2) is 8.97 Å². The Labute approximate surface area is 403 Å². The number of aromatic nitrogens is 2. The van der Waals surface area contributed by atoms with Gasteiger partial charge in [-0.3, -0.25) is 0 Å². The maximum Gasteiger partial charge on any atom is 0.136 e. The highest BCUT2D eigenvalue weighted by Crippen LogP contribution is 2.42. The van der Waals surface area contributed by atoms with Gasteiger partial charge in [-0.15, -0.1) is 0 Å². The number of nitrogens with zero attached hydrogens (tertiary/aromatic N) is 3. The van der Waals surface area contributed by atoms with Gasteiger partial charge < -0.3 is 18.3 Å². The first-order valence-corrected chi connectivity index (χ1v) is 24.0. The van der Waals surface area contributed by atoms with Crippen molar-refractivity contribution in [2.45, 2.75) is 0 Å². The predicted molar refractivity (Wildman–Crippen MR) is 294 cm³/mol. The first-order valence-electron chi connectivity index (χ1n) is 24.0. The van der Waals surface area contributed by atoms with Crippen LogP contribution in [0.25, 0.3) is 121 Å². The van der Waals surface area contributed by atoms with Crippen LogP contribution in [0.1, 0.15) is 0 Å². The van der Waals surface area contributed by atoms with E-state index in [-0.39, 0.29) is 0 Å². The lowest BCUT2D eigenvalue weighted by atomic mass is 10.0. The number of fused-ring (bicyclic) bond motifs is 12. The van der Waals surface area contributed by atoms with Crippen LogP contribution in [0, 0.1) is 0 Å². The Morgan fingerprint density at radius 1 is 0.271 bits per heavy atom. The predicted octanol–water partition coefficient (Wildman–Crippen LogP) is 18.3. The maximum atomic E-state index is 6.28. The minimum absolute atomic E-state index is 0.897. The van der Waals surface area contributed by atoms with E-state index >= 15 is 0 Å². The summed E-state index contributed by atoms with van der Waals surface area (Å²) >= 11 is 0. The molecular weight excluding hydrogens is 851 g/mol. The van der Waals surface area contributed by atoms with Crippen molar-refractivity contribution < 1.29 is 4.42 Å². The Morgan fingerprint density at radius 2 is 0.686 bits per heavy atom. The molecule has 4 heteroatoms. The molecule has 0 aliphatic rings. The van der Waals surface area contributed by atoms with Gasteiger partial charge in [-0.05, 0) is 130 Å². The number of para-hydroxylation sites is 5. The second-order valence-electron chi connectivity index (χ2n) is 18.5. The average molecular weight is 892 g/mol. The molecule has 0 amide bonds. The van der Waals surface area contributed by atoms with Crippen molar-refractivity contribution in [1.82, 2.24) is 8.97 Å². The lowest BCUT2D eigenvalue weighted by Crippen LogP contribution is -2.09. The summed E-state index contributed by atoms with van der Waals surface area (Å²) in [6.45, 7) is 0. The van der Waals surface area contributed by atoms with Crippen molar-refractivity contribution in [3.05, 3.63) is 249 Å². The smallest absolute Gasteiger partial charge is 0.136 e. The number of furan rings is 1. The zero-order valence-electron chi connectivity index (χ0n) is 37.9. The molecule has 70 heavy (non-hydrogen) atoms. The number of hydrogen-bond donors (Lipinski definition) is 0. The third-order valence-corrected chi connectivity index (χ3v) is 14.7. The molecule has 0 fully saturated rings.